The number of alkyl halides is 5. The summed E-state index contributed by atoms with van der Waals surface area (Å²) in [5, 5.41) is 36.7. The van der Waals surface area contributed by atoms with Gasteiger partial charge in [0, 0.05) is 27.4 Å². The number of guanidine groups is 1. The minimum absolute atomic E-state index is 0.138. The molecule has 10 nitrogen and oxygen atoms in total. The first kappa shape index (κ1) is 34.0. The lowest BCUT2D eigenvalue weighted by molar-refractivity contribution is -0.224. The highest BCUT2D eigenvalue weighted by atomic mass is 35.5. The van der Waals surface area contributed by atoms with Crippen molar-refractivity contribution in [3.05, 3.63) is 86.9 Å². The predicted octanol–water partition coefficient (Wildman–Crippen LogP) is 3.75. The van der Waals surface area contributed by atoms with Gasteiger partial charge in [-0.25, -0.2) is 22.6 Å². The van der Waals surface area contributed by atoms with Crippen LogP contribution in [0.3, 0.4) is 0 Å². The van der Waals surface area contributed by atoms with Gasteiger partial charge in [-0.2, -0.15) is 13.2 Å². The Hall–Kier alpha value is -4.39. The molecular formula is C28H20BClF7N5O5. The molecule has 47 heavy (non-hydrogen) atoms. The Balaban J connectivity index is 1.79. The normalized spacial score (nSPS) is 19.0. The summed E-state index contributed by atoms with van der Waals surface area (Å²) in [5.74, 6) is -7.75. The number of amides is 2. The Morgan fingerprint density at radius 1 is 1.11 bits per heavy atom. The topological polar surface area (TPSA) is 138 Å². The van der Waals surface area contributed by atoms with Crippen molar-refractivity contribution < 1.29 is 55.6 Å². The third-order valence-corrected chi connectivity index (χ3v) is 7.80. The van der Waals surface area contributed by atoms with E-state index in [1.807, 2.05) is 0 Å². The fourth-order valence-corrected chi connectivity index (χ4v) is 5.65. The molecule has 0 aromatic heterocycles. The second-order valence-electron chi connectivity index (χ2n) is 10.5. The summed E-state index contributed by atoms with van der Waals surface area (Å²) in [5.41, 5.74) is -7.10. The number of hydrogen-bond donors (Lipinski definition) is 5. The van der Waals surface area contributed by atoms with Gasteiger partial charge in [0.05, 0.1) is 29.5 Å². The number of hydrogen-bond acceptors (Lipinski definition) is 8. The van der Waals surface area contributed by atoms with Gasteiger partial charge in [-0.05, 0) is 55.0 Å². The standard InChI is InChI=1S/C28H20BClF7N5O5/c1-11-21(22(38-10-43)16-7-14(31)2-3-17(16)30)18(39-24(44)12-4-13(26(35,36)37)6-15(32)5-12)8-19-23(11)42-25(41(19)9-20(33)34)40-27(29,45)28(42,46)47/h2-8,10,20,22,45-47H,9H2,1H3,(H,38,43)(H,39,44). The zero-order valence-corrected chi connectivity index (χ0v) is 24.3. The molecule has 0 saturated carbocycles. The third-order valence-electron chi connectivity index (χ3n) is 7.45. The van der Waals surface area contributed by atoms with Crippen molar-refractivity contribution in [3.8, 4) is 0 Å². The number of rotatable bonds is 8. The van der Waals surface area contributed by atoms with Crippen molar-refractivity contribution in [3.63, 3.8) is 0 Å². The van der Waals surface area contributed by atoms with Crippen LogP contribution in [0.1, 0.15) is 38.7 Å². The van der Waals surface area contributed by atoms with Gasteiger partial charge in [-0.3, -0.25) is 14.5 Å². The molecule has 5 N–H and O–H groups in total. The molecule has 2 atom stereocenters. The number of halogens is 8. The maximum absolute atomic E-state index is 14.4. The quantitative estimate of drug-likeness (QED) is 0.106. The molecule has 0 bridgehead atoms. The van der Waals surface area contributed by atoms with E-state index in [2.05, 4.69) is 15.6 Å². The van der Waals surface area contributed by atoms with E-state index in [1.165, 1.54) is 6.92 Å². The number of aliphatic imine (C=N–C) groups is 1. The van der Waals surface area contributed by atoms with Gasteiger partial charge in [-0.1, -0.05) is 11.6 Å². The Morgan fingerprint density at radius 2 is 1.79 bits per heavy atom. The van der Waals surface area contributed by atoms with Crippen molar-refractivity contribution in [2.45, 2.75) is 37.1 Å². The van der Waals surface area contributed by atoms with E-state index in [9.17, 15) is 55.6 Å². The summed E-state index contributed by atoms with van der Waals surface area (Å²) < 4.78 is 96.5. The average molecular weight is 686 g/mol. The van der Waals surface area contributed by atoms with Crippen LogP contribution >= 0.6 is 11.6 Å². The van der Waals surface area contributed by atoms with E-state index in [0.29, 0.717) is 21.9 Å². The molecule has 2 radical (unpaired) electrons. The van der Waals surface area contributed by atoms with E-state index in [-0.39, 0.29) is 45.6 Å². The van der Waals surface area contributed by atoms with Crippen LogP contribution in [-0.2, 0) is 11.0 Å². The molecule has 2 aliphatic heterocycles. The van der Waals surface area contributed by atoms with Crippen molar-refractivity contribution in [2.24, 2.45) is 4.99 Å². The van der Waals surface area contributed by atoms with Gasteiger partial charge >= 0.3 is 6.18 Å². The van der Waals surface area contributed by atoms with Gasteiger partial charge in [0.2, 0.25) is 12.4 Å². The number of carbonyl (C=O) groups excluding carboxylic acids is 2. The summed E-state index contributed by atoms with van der Waals surface area (Å²) in [6.45, 7) is 0.0547. The maximum atomic E-state index is 14.4. The van der Waals surface area contributed by atoms with Gasteiger partial charge in [0.25, 0.3) is 18.2 Å². The fourth-order valence-electron chi connectivity index (χ4n) is 5.42. The summed E-state index contributed by atoms with van der Waals surface area (Å²) in [6, 6.07) is 3.45. The molecule has 3 aromatic rings. The summed E-state index contributed by atoms with van der Waals surface area (Å²) in [4.78, 5) is 30.0. The van der Waals surface area contributed by atoms with Crippen LogP contribution in [0.25, 0.3) is 0 Å². The molecule has 2 aliphatic rings. The van der Waals surface area contributed by atoms with Crippen LogP contribution in [0, 0.1) is 18.6 Å². The SMILES string of the molecule is [B]C1(O)N=C2N(CC(F)F)c3cc(NC(=O)c4cc(F)cc(C(F)(F)F)c4)c(C(NC=O)c4cc(F)ccc4Cl)c(C)c3N2C1(O)O. The first-order valence-corrected chi connectivity index (χ1v) is 13.6. The van der Waals surface area contributed by atoms with Crippen molar-refractivity contribution >= 4 is 54.8 Å². The summed E-state index contributed by atoms with van der Waals surface area (Å²) in [7, 11) is 5.56. The van der Waals surface area contributed by atoms with Crippen LogP contribution in [0.4, 0.5) is 47.8 Å². The lowest BCUT2D eigenvalue weighted by Crippen LogP contribution is -2.61. The van der Waals surface area contributed by atoms with Crippen LogP contribution in [0.15, 0.2) is 47.5 Å². The van der Waals surface area contributed by atoms with Gasteiger partial charge in [0.15, 0.2) is 13.5 Å². The number of aliphatic hydroxyl groups is 3. The fraction of sp³-hybridized carbons (Fsp3) is 0.250. The average Bonchev–Trinajstić information content (AvgIpc) is 3.34. The predicted molar refractivity (Wildman–Crippen MR) is 154 cm³/mol. The smallest absolute Gasteiger partial charge is 0.371 e. The first-order valence-electron chi connectivity index (χ1n) is 13.2. The number of carbonyl (C=O) groups is 2. The maximum Gasteiger partial charge on any atom is 0.416 e. The Morgan fingerprint density at radius 3 is 2.40 bits per heavy atom. The highest BCUT2D eigenvalue weighted by Crippen LogP contribution is 2.52. The molecule has 246 valence electrons. The van der Waals surface area contributed by atoms with Gasteiger partial charge < -0.3 is 30.9 Å². The number of fused-ring (bicyclic) bond motifs is 3. The zero-order valence-electron chi connectivity index (χ0n) is 23.6. The number of benzene rings is 3. The summed E-state index contributed by atoms with van der Waals surface area (Å²) >= 11 is 6.32. The Kier molecular flexibility index (Phi) is 8.45. The molecule has 0 fully saturated rings. The number of nitrogens with zero attached hydrogens (tertiary/aromatic N) is 3. The van der Waals surface area contributed by atoms with Crippen LogP contribution in [0.2, 0.25) is 5.02 Å². The molecule has 2 heterocycles. The molecule has 2 unspecified atom stereocenters. The lowest BCUT2D eigenvalue weighted by Gasteiger charge is -2.35. The molecule has 0 spiro atoms. The minimum Gasteiger partial charge on any atom is -0.371 e. The largest absolute Gasteiger partial charge is 0.416 e. The van der Waals surface area contributed by atoms with Crippen LogP contribution < -0.4 is 20.4 Å². The summed E-state index contributed by atoms with van der Waals surface area (Å²) in [6.07, 6.45) is -8.02. The van der Waals surface area contributed by atoms with E-state index >= 15 is 0 Å². The van der Waals surface area contributed by atoms with Gasteiger partial charge in [0.1, 0.15) is 11.6 Å². The number of nitrogens with one attached hydrogen (secondary N) is 2. The van der Waals surface area contributed by atoms with E-state index in [0.717, 1.165) is 24.3 Å². The number of anilines is 3. The van der Waals surface area contributed by atoms with Crippen molar-refractivity contribution in [2.75, 3.05) is 21.7 Å². The zero-order chi connectivity index (χ0) is 34.8. The molecule has 0 saturated heterocycles. The van der Waals surface area contributed by atoms with Crippen LogP contribution in [0.5, 0.6) is 0 Å². The molecule has 2 amide bonds. The molecule has 5 rings (SSSR count). The van der Waals surface area contributed by atoms with E-state index in [4.69, 9.17) is 19.4 Å². The monoisotopic (exact) mass is 685 g/mol. The van der Waals surface area contributed by atoms with E-state index in [1.54, 1.807) is 0 Å². The highest BCUT2D eigenvalue weighted by molar-refractivity contribution is 6.31. The minimum atomic E-state index is -5.05. The highest BCUT2D eigenvalue weighted by Gasteiger charge is 2.61. The van der Waals surface area contributed by atoms with Crippen molar-refractivity contribution in [1.29, 1.82) is 0 Å². The van der Waals surface area contributed by atoms with Crippen LogP contribution in [-0.4, -0.2) is 65.9 Å². The molecule has 0 aliphatic carbocycles. The second-order valence-corrected chi connectivity index (χ2v) is 10.9. The molecule has 3 aromatic carbocycles. The second kappa shape index (κ2) is 11.7. The molecule has 19 heteroatoms. The molecular weight excluding hydrogens is 666 g/mol. The van der Waals surface area contributed by atoms with Gasteiger partial charge in [-0.15, -0.1) is 0 Å². The van der Waals surface area contributed by atoms with E-state index < -0.39 is 77.0 Å². The van der Waals surface area contributed by atoms with Crippen molar-refractivity contribution in [1.82, 2.24) is 5.32 Å². The third kappa shape index (κ3) is 5.85. The Bertz CT molecular complexity index is 1820. The first-order chi connectivity index (χ1) is 21.8. The Labute approximate surface area is 266 Å². The lowest BCUT2D eigenvalue weighted by atomic mass is 9.87.